The Morgan fingerprint density at radius 3 is 2.69 bits per heavy atom. The van der Waals surface area contributed by atoms with Crippen molar-refractivity contribution in [3.8, 4) is 5.75 Å². The largest absolute Gasteiger partial charge is 0.496 e. The van der Waals surface area contributed by atoms with Crippen molar-refractivity contribution in [2.75, 3.05) is 20.2 Å². The zero-order valence-electron chi connectivity index (χ0n) is 9.29. The third kappa shape index (κ3) is 2.10. The first-order valence-electron chi connectivity index (χ1n) is 5.43. The van der Waals surface area contributed by atoms with Crippen molar-refractivity contribution in [2.24, 2.45) is 0 Å². The van der Waals surface area contributed by atoms with Gasteiger partial charge in [0.15, 0.2) is 0 Å². The van der Waals surface area contributed by atoms with Gasteiger partial charge in [0.1, 0.15) is 5.75 Å². The lowest BCUT2D eigenvalue weighted by Crippen LogP contribution is -2.40. The quantitative estimate of drug-likeness (QED) is 0.874. The highest BCUT2D eigenvalue weighted by Gasteiger charge is 2.35. The molecule has 1 aromatic carbocycles. The molecule has 0 unspecified atom stereocenters. The van der Waals surface area contributed by atoms with E-state index in [0.717, 1.165) is 28.9 Å². The Labute approximate surface area is 104 Å². The molecule has 1 fully saturated rings. The molecule has 0 atom stereocenters. The summed E-state index contributed by atoms with van der Waals surface area (Å²) in [5.41, 5.74) is 0.0930. The number of halogens is 1. The number of benzene rings is 1. The van der Waals surface area contributed by atoms with E-state index in [1.165, 1.54) is 0 Å². The third-order valence-electron chi connectivity index (χ3n) is 3.09. The third-order valence-corrected chi connectivity index (χ3v) is 3.75. The minimum atomic E-state index is -0.781. The molecule has 88 valence electrons. The van der Waals surface area contributed by atoms with E-state index < -0.39 is 5.60 Å². The molecule has 0 bridgehead atoms. The summed E-state index contributed by atoms with van der Waals surface area (Å²) in [7, 11) is 1.63. The zero-order chi connectivity index (χ0) is 11.6. The fraction of sp³-hybridized carbons (Fsp3) is 0.500. The van der Waals surface area contributed by atoms with Gasteiger partial charge in [-0.2, -0.15) is 0 Å². The van der Waals surface area contributed by atoms with Crippen LogP contribution in [0.5, 0.6) is 5.75 Å². The number of hydrogen-bond acceptors (Lipinski definition) is 3. The lowest BCUT2D eigenvalue weighted by atomic mass is 9.84. The van der Waals surface area contributed by atoms with Gasteiger partial charge in [-0.1, -0.05) is 22.0 Å². The Morgan fingerprint density at radius 2 is 2.06 bits per heavy atom. The molecular formula is C12H16BrNO2. The van der Waals surface area contributed by atoms with Crippen LogP contribution in [-0.2, 0) is 5.60 Å². The van der Waals surface area contributed by atoms with Gasteiger partial charge < -0.3 is 15.2 Å². The molecule has 3 nitrogen and oxygen atoms in total. The average molecular weight is 286 g/mol. The second-order valence-corrected chi connectivity index (χ2v) is 4.95. The molecule has 4 heteroatoms. The number of rotatable bonds is 2. The summed E-state index contributed by atoms with van der Waals surface area (Å²) in [6.07, 6.45) is 1.43. The molecule has 0 amide bonds. The van der Waals surface area contributed by atoms with Gasteiger partial charge in [0.2, 0.25) is 0 Å². The summed E-state index contributed by atoms with van der Waals surface area (Å²) in [4.78, 5) is 0. The topological polar surface area (TPSA) is 41.5 Å². The van der Waals surface area contributed by atoms with Crippen LogP contribution in [0.4, 0.5) is 0 Å². The minimum absolute atomic E-state index is 0.714. The van der Waals surface area contributed by atoms with Crippen LogP contribution in [0.2, 0.25) is 0 Å². The molecule has 1 aliphatic heterocycles. The highest BCUT2D eigenvalue weighted by Crippen LogP contribution is 2.40. The van der Waals surface area contributed by atoms with Gasteiger partial charge in [0, 0.05) is 10.0 Å². The van der Waals surface area contributed by atoms with Gasteiger partial charge in [-0.25, -0.2) is 0 Å². The molecule has 0 spiro atoms. The van der Waals surface area contributed by atoms with Gasteiger partial charge >= 0.3 is 0 Å². The predicted molar refractivity (Wildman–Crippen MR) is 66.7 cm³/mol. The van der Waals surface area contributed by atoms with Crippen LogP contribution < -0.4 is 10.1 Å². The first-order valence-corrected chi connectivity index (χ1v) is 6.23. The molecule has 0 aromatic heterocycles. The summed E-state index contributed by atoms with van der Waals surface area (Å²) in [5.74, 6) is 0.749. The first kappa shape index (κ1) is 11.9. The van der Waals surface area contributed by atoms with Gasteiger partial charge in [-0.3, -0.25) is 0 Å². The predicted octanol–water partition coefficient (Wildman–Crippen LogP) is 2.03. The van der Waals surface area contributed by atoms with E-state index in [1.54, 1.807) is 7.11 Å². The van der Waals surface area contributed by atoms with E-state index in [-0.39, 0.29) is 0 Å². The Kier molecular flexibility index (Phi) is 3.52. The summed E-state index contributed by atoms with van der Waals surface area (Å²) >= 11 is 3.50. The molecule has 1 saturated heterocycles. The van der Waals surface area contributed by atoms with Gasteiger partial charge in [-0.05, 0) is 38.1 Å². The zero-order valence-corrected chi connectivity index (χ0v) is 10.9. The number of methoxy groups -OCH3 is 1. The van der Waals surface area contributed by atoms with Crippen LogP contribution in [0, 0.1) is 0 Å². The number of piperidine rings is 1. The van der Waals surface area contributed by atoms with Crippen molar-refractivity contribution in [1.82, 2.24) is 5.32 Å². The van der Waals surface area contributed by atoms with Crippen LogP contribution >= 0.6 is 15.9 Å². The van der Waals surface area contributed by atoms with Crippen LogP contribution in [0.3, 0.4) is 0 Å². The van der Waals surface area contributed by atoms with Crippen LogP contribution in [0.15, 0.2) is 22.7 Å². The highest BCUT2D eigenvalue weighted by atomic mass is 79.9. The average Bonchev–Trinajstić information content (AvgIpc) is 2.29. The number of nitrogens with one attached hydrogen (secondary N) is 1. The van der Waals surface area contributed by atoms with Crippen molar-refractivity contribution in [2.45, 2.75) is 18.4 Å². The monoisotopic (exact) mass is 285 g/mol. The van der Waals surface area contributed by atoms with E-state index in [2.05, 4.69) is 21.2 Å². The summed E-state index contributed by atoms with van der Waals surface area (Å²) in [6, 6.07) is 5.74. The van der Waals surface area contributed by atoms with Crippen LogP contribution in [0.1, 0.15) is 18.4 Å². The second kappa shape index (κ2) is 4.73. The molecule has 16 heavy (non-hydrogen) atoms. The van der Waals surface area contributed by atoms with Crippen molar-refractivity contribution in [1.29, 1.82) is 0 Å². The van der Waals surface area contributed by atoms with Crippen LogP contribution in [0.25, 0.3) is 0 Å². The Hall–Kier alpha value is -0.580. The number of hydrogen-bond donors (Lipinski definition) is 2. The molecule has 2 N–H and O–H groups in total. The Bertz CT molecular complexity index is 375. The second-order valence-electron chi connectivity index (χ2n) is 4.10. The smallest absolute Gasteiger partial charge is 0.126 e. The maximum absolute atomic E-state index is 10.7. The summed E-state index contributed by atoms with van der Waals surface area (Å²) in [5, 5.41) is 13.9. The van der Waals surface area contributed by atoms with E-state index in [0.29, 0.717) is 12.8 Å². The molecule has 0 aliphatic carbocycles. The lowest BCUT2D eigenvalue weighted by Gasteiger charge is -2.34. The van der Waals surface area contributed by atoms with Crippen molar-refractivity contribution < 1.29 is 9.84 Å². The first-order chi connectivity index (χ1) is 7.67. The summed E-state index contributed by atoms with van der Waals surface area (Å²) < 4.78 is 6.25. The Morgan fingerprint density at radius 1 is 1.38 bits per heavy atom. The molecule has 2 rings (SSSR count). The molecule has 1 heterocycles. The van der Waals surface area contributed by atoms with Crippen LogP contribution in [-0.4, -0.2) is 25.3 Å². The fourth-order valence-electron chi connectivity index (χ4n) is 2.22. The molecular weight excluding hydrogens is 270 g/mol. The number of aliphatic hydroxyl groups is 1. The lowest BCUT2D eigenvalue weighted by molar-refractivity contribution is 0.00324. The molecule has 1 aromatic rings. The van der Waals surface area contributed by atoms with E-state index >= 15 is 0 Å². The molecule has 1 aliphatic rings. The maximum atomic E-state index is 10.7. The van der Waals surface area contributed by atoms with Crippen molar-refractivity contribution in [3.05, 3.63) is 28.2 Å². The van der Waals surface area contributed by atoms with E-state index in [4.69, 9.17) is 4.74 Å². The highest BCUT2D eigenvalue weighted by molar-refractivity contribution is 9.10. The number of ether oxygens (including phenoxy) is 1. The Balaban J connectivity index is 2.44. The van der Waals surface area contributed by atoms with Crippen molar-refractivity contribution in [3.63, 3.8) is 0 Å². The molecule has 0 saturated carbocycles. The van der Waals surface area contributed by atoms with Gasteiger partial charge in [0.05, 0.1) is 12.7 Å². The normalized spacial score (nSPS) is 19.4. The summed E-state index contributed by atoms with van der Waals surface area (Å²) in [6.45, 7) is 1.67. The SMILES string of the molecule is COc1cccc(Br)c1C1(O)CCNCC1. The van der Waals surface area contributed by atoms with E-state index in [9.17, 15) is 5.11 Å². The van der Waals surface area contributed by atoms with E-state index in [1.807, 2.05) is 18.2 Å². The molecule has 0 radical (unpaired) electrons. The van der Waals surface area contributed by atoms with Gasteiger partial charge in [0.25, 0.3) is 0 Å². The maximum Gasteiger partial charge on any atom is 0.126 e. The standard InChI is InChI=1S/C12H16BrNO2/c1-16-10-4-2-3-9(13)11(10)12(15)5-7-14-8-6-12/h2-4,14-15H,5-8H2,1H3. The van der Waals surface area contributed by atoms with Crippen molar-refractivity contribution >= 4 is 15.9 Å². The van der Waals surface area contributed by atoms with Gasteiger partial charge in [-0.15, -0.1) is 0 Å². The minimum Gasteiger partial charge on any atom is -0.496 e. The fourth-order valence-corrected chi connectivity index (χ4v) is 2.93.